The lowest BCUT2D eigenvalue weighted by atomic mass is 9.97. The number of amides is 2. The maximum Gasteiger partial charge on any atom is 0.237 e. The highest BCUT2D eigenvalue weighted by Crippen LogP contribution is 2.16. The molecule has 6 nitrogen and oxygen atoms in total. The summed E-state index contributed by atoms with van der Waals surface area (Å²) in [6, 6.07) is -0.00764. The molecule has 24 heavy (non-hydrogen) atoms. The Kier molecular flexibility index (Phi) is 7.04. The molecule has 0 aromatic carbocycles. The van der Waals surface area contributed by atoms with Gasteiger partial charge in [-0.05, 0) is 65.0 Å². The largest absolute Gasteiger partial charge is 0.354 e. The number of nitrogens with zero attached hydrogens (tertiary/aromatic N) is 1. The van der Waals surface area contributed by atoms with Crippen molar-refractivity contribution in [3.05, 3.63) is 0 Å². The van der Waals surface area contributed by atoms with Gasteiger partial charge in [-0.25, -0.2) is 0 Å². The van der Waals surface area contributed by atoms with E-state index in [-0.39, 0.29) is 23.4 Å². The Balaban J connectivity index is 1.71. The fourth-order valence-corrected chi connectivity index (χ4v) is 3.45. The van der Waals surface area contributed by atoms with Crippen LogP contribution in [-0.2, 0) is 9.59 Å². The van der Waals surface area contributed by atoms with E-state index in [1.807, 2.05) is 0 Å². The van der Waals surface area contributed by atoms with Gasteiger partial charge in [0, 0.05) is 18.6 Å². The third kappa shape index (κ3) is 6.06. The molecule has 2 aliphatic rings. The third-order valence-corrected chi connectivity index (χ3v) is 5.27. The first-order valence-corrected chi connectivity index (χ1v) is 9.44. The first kappa shape index (κ1) is 19.2. The van der Waals surface area contributed by atoms with Crippen molar-refractivity contribution in [2.75, 3.05) is 32.7 Å². The summed E-state index contributed by atoms with van der Waals surface area (Å²) in [4.78, 5) is 26.5. The Morgan fingerprint density at radius 1 is 1.25 bits per heavy atom. The van der Waals surface area contributed by atoms with Crippen molar-refractivity contribution >= 4 is 11.8 Å². The van der Waals surface area contributed by atoms with Crippen molar-refractivity contribution < 1.29 is 9.59 Å². The van der Waals surface area contributed by atoms with E-state index < -0.39 is 0 Å². The molecule has 0 saturated carbocycles. The van der Waals surface area contributed by atoms with E-state index >= 15 is 0 Å². The molecule has 2 atom stereocenters. The molecule has 2 rings (SSSR count). The van der Waals surface area contributed by atoms with Gasteiger partial charge >= 0.3 is 0 Å². The number of rotatable bonds is 7. The van der Waals surface area contributed by atoms with E-state index in [1.54, 1.807) is 0 Å². The topological polar surface area (TPSA) is 73.5 Å². The highest BCUT2D eigenvalue weighted by Gasteiger charge is 2.26. The van der Waals surface area contributed by atoms with Crippen molar-refractivity contribution in [2.24, 2.45) is 5.92 Å². The lowest BCUT2D eigenvalue weighted by Crippen LogP contribution is -2.50. The number of carbonyl (C=O) groups excluding carboxylic acids is 2. The Hall–Kier alpha value is -1.14. The van der Waals surface area contributed by atoms with Crippen LogP contribution in [0.2, 0.25) is 0 Å². The molecule has 2 saturated heterocycles. The van der Waals surface area contributed by atoms with Crippen LogP contribution in [0.5, 0.6) is 0 Å². The van der Waals surface area contributed by atoms with Crippen LogP contribution in [-0.4, -0.2) is 61.0 Å². The lowest BCUT2D eigenvalue weighted by Gasteiger charge is -2.33. The summed E-state index contributed by atoms with van der Waals surface area (Å²) >= 11 is 0. The molecule has 0 aromatic rings. The van der Waals surface area contributed by atoms with Crippen molar-refractivity contribution in [1.82, 2.24) is 20.9 Å². The molecule has 138 valence electrons. The number of carbonyl (C=O) groups is 2. The summed E-state index contributed by atoms with van der Waals surface area (Å²) in [5.41, 5.74) is -0.144. The van der Waals surface area contributed by atoms with Gasteiger partial charge in [0.15, 0.2) is 0 Å². The maximum atomic E-state index is 12.2. The molecule has 0 aliphatic carbocycles. The summed E-state index contributed by atoms with van der Waals surface area (Å²) in [5, 5.41) is 9.41. The van der Waals surface area contributed by atoms with Gasteiger partial charge in [0.25, 0.3) is 0 Å². The zero-order chi connectivity index (χ0) is 17.6. The Morgan fingerprint density at radius 3 is 2.71 bits per heavy atom. The zero-order valence-corrected chi connectivity index (χ0v) is 15.5. The van der Waals surface area contributed by atoms with Crippen molar-refractivity contribution in [1.29, 1.82) is 0 Å². The normalized spacial score (nSPS) is 25.5. The van der Waals surface area contributed by atoms with E-state index in [9.17, 15) is 9.59 Å². The predicted molar refractivity (Wildman–Crippen MR) is 95.7 cm³/mol. The van der Waals surface area contributed by atoms with E-state index in [0.29, 0.717) is 12.5 Å². The van der Waals surface area contributed by atoms with Crippen LogP contribution in [0.4, 0.5) is 0 Å². The van der Waals surface area contributed by atoms with E-state index in [1.165, 1.54) is 0 Å². The fourth-order valence-electron chi connectivity index (χ4n) is 3.45. The average molecular weight is 338 g/mol. The van der Waals surface area contributed by atoms with Gasteiger partial charge < -0.3 is 16.0 Å². The minimum Gasteiger partial charge on any atom is -0.354 e. The molecule has 0 aromatic heterocycles. The number of hydrogen-bond acceptors (Lipinski definition) is 4. The van der Waals surface area contributed by atoms with Gasteiger partial charge in [0.2, 0.25) is 11.8 Å². The number of likely N-dealkylation sites (tertiary alicyclic amines) is 1. The first-order valence-electron chi connectivity index (χ1n) is 9.44. The van der Waals surface area contributed by atoms with Crippen molar-refractivity contribution in [3.8, 4) is 0 Å². The molecule has 2 heterocycles. The van der Waals surface area contributed by atoms with E-state index in [4.69, 9.17) is 0 Å². The monoisotopic (exact) mass is 338 g/mol. The SMILES string of the molecule is CCC(C)(C)NC(=O)CN1CCCC(CNC(=O)C2CCCN2)C1. The summed E-state index contributed by atoms with van der Waals surface area (Å²) in [6.07, 6.45) is 5.15. The maximum absolute atomic E-state index is 12.2. The predicted octanol–water partition coefficient (Wildman–Crippen LogP) is 0.871. The van der Waals surface area contributed by atoms with E-state index in [2.05, 4.69) is 41.6 Å². The molecular weight excluding hydrogens is 304 g/mol. The Labute approximate surface area is 146 Å². The molecule has 2 aliphatic heterocycles. The van der Waals surface area contributed by atoms with Gasteiger partial charge in [0.05, 0.1) is 12.6 Å². The van der Waals surface area contributed by atoms with Crippen LogP contribution < -0.4 is 16.0 Å². The first-order chi connectivity index (χ1) is 11.4. The second kappa shape index (κ2) is 8.81. The molecule has 2 amide bonds. The Bertz CT molecular complexity index is 433. The summed E-state index contributed by atoms with van der Waals surface area (Å²) < 4.78 is 0. The highest BCUT2D eigenvalue weighted by atomic mass is 16.2. The Morgan fingerprint density at radius 2 is 2.04 bits per heavy atom. The van der Waals surface area contributed by atoms with Crippen molar-refractivity contribution in [2.45, 2.75) is 64.5 Å². The standard InChI is InChI=1S/C18H34N4O2/c1-4-18(2,3)21-16(23)13-22-10-6-7-14(12-22)11-20-17(24)15-8-5-9-19-15/h14-15,19H,4-13H2,1-3H3,(H,20,24)(H,21,23). The smallest absolute Gasteiger partial charge is 0.237 e. The number of piperidine rings is 1. The van der Waals surface area contributed by atoms with Gasteiger partial charge in [-0.1, -0.05) is 6.92 Å². The van der Waals surface area contributed by atoms with Crippen LogP contribution in [0.25, 0.3) is 0 Å². The van der Waals surface area contributed by atoms with Crippen LogP contribution in [0.1, 0.15) is 52.9 Å². The molecule has 0 bridgehead atoms. The van der Waals surface area contributed by atoms with Gasteiger partial charge in [-0.2, -0.15) is 0 Å². The van der Waals surface area contributed by atoms with Crippen LogP contribution >= 0.6 is 0 Å². The summed E-state index contributed by atoms with van der Waals surface area (Å²) in [5.74, 6) is 0.671. The molecule has 0 radical (unpaired) electrons. The molecule has 6 heteroatoms. The second-order valence-electron chi connectivity index (χ2n) is 7.92. The second-order valence-corrected chi connectivity index (χ2v) is 7.92. The van der Waals surface area contributed by atoms with Crippen LogP contribution in [0.3, 0.4) is 0 Å². The van der Waals surface area contributed by atoms with Gasteiger partial charge in [-0.3, -0.25) is 14.5 Å². The summed E-state index contributed by atoms with van der Waals surface area (Å²) in [6.45, 7) is 10.2. The fraction of sp³-hybridized carbons (Fsp3) is 0.889. The highest BCUT2D eigenvalue weighted by molar-refractivity contribution is 5.82. The van der Waals surface area contributed by atoms with Gasteiger partial charge in [-0.15, -0.1) is 0 Å². The number of hydrogen-bond donors (Lipinski definition) is 3. The summed E-state index contributed by atoms with van der Waals surface area (Å²) in [7, 11) is 0. The average Bonchev–Trinajstić information content (AvgIpc) is 3.07. The van der Waals surface area contributed by atoms with E-state index in [0.717, 1.165) is 58.3 Å². The molecule has 0 spiro atoms. The molecular formula is C18H34N4O2. The van der Waals surface area contributed by atoms with Crippen LogP contribution in [0.15, 0.2) is 0 Å². The minimum atomic E-state index is -0.144. The molecule has 2 fully saturated rings. The molecule has 2 unspecified atom stereocenters. The van der Waals surface area contributed by atoms with Crippen LogP contribution in [0, 0.1) is 5.92 Å². The number of nitrogens with one attached hydrogen (secondary N) is 3. The van der Waals surface area contributed by atoms with Crippen molar-refractivity contribution in [3.63, 3.8) is 0 Å². The quantitative estimate of drug-likeness (QED) is 0.644. The third-order valence-electron chi connectivity index (χ3n) is 5.27. The minimum absolute atomic E-state index is 0.00764. The molecule has 3 N–H and O–H groups in total. The van der Waals surface area contributed by atoms with Gasteiger partial charge in [0.1, 0.15) is 0 Å². The lowest BCUT2D eigenvalue weighted by molar-refractivity contribution is -0.125. The zero-order valence-electron chi connectivity index (χ0n) is 15.5.